The van der Waals surface area contributed by atoms with Crippen molar-refractivity contribution in [2.24, 2.45) is 0 Å². The van der Waals surface area contributed by atoms with Crippen LogP contribution in [-0.2, 0) is 0 Å². The minimum Gasteiger partial charge on any atom is -0.464 e. The molecule has 3 heterocycles. The second-order valence-electron chi connectivity index (χ2n) is 4.98. The summed E-state index contributed by atoms with van der Waals surface area (Å²) in [5.74, 6) is 0. The lowest BCUT2D eigenvalue weighted by Gasteiger charge is -2.06. The Morgan fingerprint density at radius 3 is 2.90 bits per heavy atom. The molecule has 20 heavy (non-hydrogen) atoms. The van der Waals surface area contributed by atoms with Crippen molar-refractivity contribution in [3.63, 3.8) is 0 Å². The van der Waals surface area contributed by atoms with Gasteiger partial charge in [-0.05, 0) is 24.3 Å². The molecule has 0 radical (unpaired) electrons. The van der Waals surface area contributed by atoms with Crippen molar-refractivity contribution in [1.29, 1.82) is 0 Å². The molecule has 0 fully saturated rings. The Balaban J connectivity index is 2.20. The van der Waals surface area contributed by atoms with E-state index in [0.717, 1.165) is 38.4 Å². The van der Waals surface area contributed by atoms with Crippen LogP contribution in [0.4, 0.5) is 0 Å². The Hall–Kier alpha value is -2.81. The van der Waals surface area contributed by atoms with E-state index in [-0.39, 0.29) is 0 Å². The van der Waals surface area contributed by atoms with Crippen LogP contribution in [0.2, 0.25) is 0 Å². The van der Waals surface area contributed by atoms with Gasteiger partial charge in [-0.25, -0.2) is 4.98 Å². The molecule has 0 N–H and O–H groups in total. The zero-order chi connectivity index (χ0) is 13.1. The molecule has 0 aliphatic heterocycles. The number of hydrogen-bond donors (Lipinski definition) is 0. The summed E-state index contributed by atoms with van der Waals surface area (Å²) in [5, 5.41) is 3.43. The standard InChI is InChI=1S/C17H10N2O/c1-2-6-14-13(5-1)18-17-12-4-3-7-15-16(12)11(8-9-20-15)10-19(14)17/h1-10H. The van der Waals surface area contributed by atoms with Crippen molar-refractivity contribution >= 4 is 38.4 Å². The molecule has 94 valence electrons. The predicted octanol–water partition coefficient (Wildman–Crippen LogP) is 4.39. The Kier molecular flexibility index (Phi) is 1.70. The third-order valence-corrected chi connectivity index (χ3v) is 3.86. The number of pyridine rings is 1. The molecule has 5 aromatic rings. The van der Waals surface area contributed by atoms with Crippen LogP contribution in [0.1, 0.15) is 0 Å². The van der Waals surface area contributed by atoms with Crippen LogP contribution in [0.25, 0.3) is 38.4 Å². The average Bonchev–Trinajstić information content (AvgIpc) is 2.87. The molecule has 0 saturated heterocycles. The minimum absolute atomic E-state index is 0.898. The highest BCUT2D eigenvalue weighted by molar-refractivity contribution is 6.13. The van der Waals surface area contributed by atoms with Gasteiger partial charge in [-0.3, -0.25) is 4.40 Å². The Morgan fingerprint density at radius 2 is 1.90 bits per heavy atom. The van der Waals surface area contributed by atoms with E-state index in [2.05, 4.69) is 22.7 Å². The summed E-state index contributed by atoms with van der Waals surface area (Å²) in [5.41, 5.74) is 4.02. The van der Waals surface area contributed by atoms with E-state index in [1.54, 1.807) is 6.26 Å². The largest absolute Gasteiger partial charge is 0.464 e. The van der Waals surface area contributed by atoms with Gasteiger partial charge in [-0.2, -0.15) is 0 Å². The van der Waals surface area contributed by atoms with Crippen LogP contribution >= 0.6 is 0 Å². The fraction of sp³-hybridized carbons (Fsp3) is 0. The number of hydrogen-bond acceptors (Lipinski definition) is 2. The van der Waals surface area contributed by atoms with Crippen LogP contribution in [0.5, 0.6) is 0 Å². The smallest absolute Gasteiger partial charge is 0.146 e. The van der Waals surface area contributed by atoms with E-state index in [9.17, 15) is 0 Å². The average molecular weight is 258 g/mol. The quantitative estimate of drug-likeness (QED) is 0.412. The van der Waals surface area contributed by atoms with Gasteiger partial charge in [0.1, 0.15) is 11.2 Å². The normalized spacial score (nSPS) is 12.0. The van der Waals surface area contributed by atoms with Gasteiger partial charge < -0.3 is 4.42 Å². The van der Waals surface area contributed by atoms with Crippen molar-refractivity contribution in [3.05, 3.63) is 61.0 Å². The summed E-state index contributed by atoms with van der Waals surface area (Å²) in [6.45, 7) is 0. The number of imidazole rings is 1. The molecule has 0 bridgehead atoms. The Morgan fingerprint density at radius 1 is 0.950 bits per heavy atom. The molecular weight excluding hydrogens is 248 g/mol. The summed E-state index contributed by atoms with van der Waals surface area (Å²) < 4.78 is 7.76. The number of nitrogens with zero attached hydrogens (tertiary/aromatic N) is 2. The molecule has 5 rings (SSSR count). The van der Waals surface area contributed by atoms with Crippen LogP contribution in [0.3, 0.4) is 0 Å². The molecule has 0 aliphatic rings. The molecule has 2 aromatic carbocycles. The molecule has 0 atom stereocenters. The summed E-state index contributed by atoms with van der Waals surface area (Å²) in [4.78, 5) is 4.77. The van der Waals surface area contributed by atoms with Gasteiger partial charge >= 0.3 is 0 Å². The first kappa shape index (κ1) is 10.0. The lowest BCUT2D eigenvalue weighted by atomic mass is 10.1. The van der Waals surface area contributed by atoms with Gasteiger partial charge in [0.25, 0.3) is 0 Å². The first-order valence-corrected chi connectivity index (χ1v) is 6.57. The molecule has 3 aromatic heterocycles. The second-order valence-corrected chi connectivity index (χ2v) is 4.98. The van der Waals surface area contributed by atoms with Crippen LogP contribution < -0.4 is 0 Å². The lowest BCUT2D eigenvalue weighted by Crippen LogP contribution is -1.88. The fourth-order valence-corrected chi connectivity index (χ4v) is 2.99. The van der Waals surface area contributed by atoms with Crippen molar-refractivity contribution in [3.8, 4) is 0 Å². The van der Waals surface area contributed by atoms with Gasteiger partial charge in [0.05, 0.1) is 17.3 Å². The van der Waals surface area contributed by atoms with Gasteiger partial charge in [0.15, 0.2) is 0 Å². The van der Waals surface area contributed by atoms with Crippen molar-refractivity contribution in [2.45, 2.75) is 0 Å². The number of para-hydroxylation sites is 2. The number of benzene rings is 2. The van der Waals surface area contributed by atoms with Gasteiger partial charge in [0.2, 0.25) is 0 Å². The van der Waals surface area contributed by atoms with Crippen LogP contribution in [-0.4, -0.2) is 9.38 Å². The maximum Gasteiger partial charge on any atom is 0.146 e. The van der Waals surface area contributed by atoms with Crippen molar-refractivity contribution in [2.75, 3.05) is 0 Å². The zero-order valence-corrected chi connectivity index (χ0v) is 10.6. The van der Waals surface area contributed by atoms with Crippen LogP contribution in [0, 0.1) is 0 Å². The highest BCUT2D eigenvalue weighted by Gasteiger charge is 2.11. The molecule has 0 aliphatic carbocycles. The highest BCUT2D eigenvalue weighted by Crippen LogP contribution is 2.31. The van der Waals surface area contributed by atoms with E-state index in [1.165, 1.54) is 0 Å². The lowest BCUT2D eigenvalue weighted by molar-refractivity contribution is 0.605. The van der Waals surface area contributed by atoms with E-state index in [1.807, 2.05) is 36.4 Å². The summed E-state index contributed by atoms with van der Waals surface area (Å²) in [6, 6.07) is 16.3. The topological polar surface area (TPSA) is 30.4 Å². The predicted molar refractivity (Wildman–Crippen MR) is 80.0 cm³/mol. The molecule has 0 saturated carbocycles. The molecule has 0 unspecified atom stereocenters. The first-order valence-electron chi connectivity index (χ1n) is 6.57. The van der Waals surface area contributed by atoms with Crippen LogP contribution in [0.15, 0.2) is 65.4 Å². The summed E-state index contributed by atoms with van der Waals surface area (Å²) in [6.07, 6.45) is 3.87. The molecule has 0 amide bonds. The van der Waals surface area contributed by atoms with Gasteiger partial charge in [-0.15, -0.1) is 0 Å². The zero-order valence-electron chi connectivity index (χ0n) is 10.6. The highest BCUT2D eigenvalue weighted by atomic mass is 16.3. The van der Waals surface area contributed by atoms with Crippen molar-refractivity contribution in [1.82, 2.24) is 9.38 Å². The minimum atomic E-state index is 0.898. The third-order valence-electron chi connectivity index (χ3n) is 3.86. The molecule has 0 spiro atoms. The summed E-state index contributed by atoms with van der Waals surface area (Å²) in [7, 11) is 0. The van der Waals surface area contributed by atoms with E-state index in [4.69, 9.17) is 9.40 Å². The number of aromatic nitrogens is 2. The number of fused-ring (bicyclic) bond motifs is 4. The second kappa shape index (κ2) is 3.39. The van der Waals surface area contributed by atoms with E-state index < -0.39 is 0 Å². The third kappa shape index (κ3) is 1.12. The molecular formula is C17H10N2O. The Bertz CT molecular complexity index is 1100. The molecule has 3 nitrogen and oxygen atoms in total. The Labute approximate surface area is 114 Å². The van der Waals surface area contributed by atoms with Gasteiger partial charge in [-0.1, -0.05) is 24.3 Å². The number of rotatable bonds is 0. The molecule has 3 heteroatoms. The van der Waals surface area contributed by atoms with E-state index in [0.29, 0.717) is 0 Å². The first-order chi connectivity index (χ1) is 9.92. The fourth-order valence-electron chi connectivity index (χ4n) is 2.99. The van der Waals surface area contributed by atoms with E-state index >= 15 is 0 Å². The van der Waals surface area contributed by atoms with Gasteiger partial charge in [0, 0.05) is 22.4 Å². The summed E-state index contributed by atoms with van der Waals surface area (Å²) >= 11 is 0. The maximum atomic E-state index is 5.60. The van der Waals surface area contributed by atoms with Crippen molar-refractivity contribution < 1.29 is 4.42 Å². The monoisotopic (exact) mass is 258 g/mol. The maximum absolute atomic E-state index is 5.60. The SMILES string of the molecule is c1ccc2c(c1)nc1c3cccc4occc(cn21)c43.